The molecule has 2 aromatic rings. The maximum absolute atomic E-state index is 6.25. The topological polar surface area (TPSA) is 68.2 Å². The molecule has 0 aliphatic heterocycles. The van der Waals surface area contributed by atoms with Gasteiger partial charge in [-0.25, -0.2) is 0 Å². The van der Waals surface area contributed by atoms with E-state index in [1.165, 1.54) is 5.56 Å². The highest BCUT2D eigenvalue weighted by Gasteiger charge is 2.39. The van der Waals surface area contributed by atoms with Crippen LogP contribution in [0.3, 0.4) is 0 Å². The van der Waals surface area contributed by atoms with Crippen molar-refractivity contribution in [2.45, 2.75) is 58.2 Å². The van der Waals surface area contributed by atoms with Gasteiger partial charge in [0.25, 0.3) is 5.89 Å². The van der Waals surface area contributed by atoms with Crippen LogP contribution in [0, 0.1) is 0 Å². The van der Waals surface area contributed by atoms with Gasteiger partial charge in [0.1, 0.15) is 0 Å². The highest BCUT2D eigenvalue weighted by molar-refractivity contribution is 5.85. The first kappa shape index (κ1) is 18.9. The van der Waals surface area contributed by atoms with Crippen LogP contribution >= 0.6 is 12.4 Å². The number of nitrogens with zero attached hydrogens (tertiary/aromatic N) is 3. The quantitative estimate of drug-likeness (QED) is 0.859. The molecule has 0 unspecified atom stereocenters. The van der Waals surface area contributed by atoms with E-state index in [-0.39, 0.29) is 17.9 Å². The van der Waals surface area contributed by atoms with Crippen LogP contribution in [0.25, 0.3) is 11.5 Å². The molecule has 132 valence electrons. The van der Waals surface area contributed by atoms with Crippen molar-refractivity contribution < 1.29 is 4.52 Å². The molecule has 24 heavy (non-hydrogen) atoms. The van der Waals surface area contributed by atoms with E-state index in [0.717, 1.165) is 37.9 Å². The molecule has 0 spiro atoms. The molecule has 0 radical (unpaired) electrons. The first-order valence-electron chi connectivity index (χ1n) is 8.48. The van der Waals surface area contributed by atoms with Gasteiger partial charge in [0.15, 0.2) is 5.82 Å². The van der Waals surface area contributed by atoms with E-state index in [0.29, 0.717) is 17.8 Å². The van der Waals surface area contributed by atoms with Gasteiger partial charge in [0.2, 0.25) is 0 Å². The van der Waals surface area contributed by atoms with Crippen LogP contribution in [-0.4, -0.2) is 27.6 Å². The summed E-state index contributed by atoms with van der Waals surface area (Å²) in [7, 11) is 0. The number of aromatic nitrogens is 2. The third kappa shape index (κ3) is 3.79. The minimum atomic E-state index is -0.374. The van der Waals surface area contributed by atoms with Crippen LogP contribution < -0.4 is 5.73 Å². The van der Waals surface area contributed by atoms with E-state index >= 15 is 0 Å². The Labute approximate surface area is 150 Å². The molecule has 1 saturated carbocycles. The predicted molar refractivity (Wildman–Crippen MR) is 97.9 cm³/mol. The van der Waals surface area contributed by atoms with Crippen LogP contribution in [0.1, 0.15) is 51.4 Å². The summed E-state index contributed by atoms with van der Waals surface area (Å²) in [4.78, 5) is 6.92. The molecule has 5 nitrogen and oxygen atoms in total. The Balaban J connectivity index is 0.00000208. The van der Waals surface area contributed by atoms with Crippen molar-refractivity contribution in [1.29, 1.82) is 0 Å². The monoisotopic (exact) mass is 350 g/mol. The Morgan fingerprint density at radius 1 is 1.25 bits per heavy atom. The lowest BCUT2D eigenvalue weighted by atomic mass is 9.77. The third-order valence-electron chi connectivity index (χ3n) is 4.84. The van der Waals surface area contributed by atoms with Gasteiger partial charge < -0.3 is 10.3 Å². The average Bonchev–Trinajstić information content (AvgIpc) is 3.00. The van der Waals surface area contributed by atoms with Crippen molar-refractivity contribution >= 4 is 12.4 Å². The smallest absolute Gasteiger partial charge is 0.257 e. The zero-order valence-corrected chi connectivity index (χ0v) is 15.5. The van der Waals surface area contributed by atoms with Gasteiger partial charge in [0.05, 0.1) is 5.54 Å². The molecule has 2 N–H and O–H groups in total. The summed E-state index contributed by atoms with van der Waals surface area (Å²) in [6.45, 7) is 8.64. The molecule has 6 heteroatoms. The van der Waals surface area contributed by atoms with Crippen molar-refractivity contribution in [3.8, 4) is 11.5 Å². The summed E-state index contributed by atoms with van der Waals surface area (Å²) >= 11 is 0. The number of halogens is 1. The molecule has 1 heterocycles. The summed E-state index contributed by atoms with van der Waals surface area (Å²) in [5, 5.41) is 4.07. The number of hydrogen-bond acceptors (Lipinski definition) is 5. The number of nitrogens with two attached hydrogens (primary N) is 1. The Morgan fingerprint density at radius 3 is 2.42 bits per heavy atom. The summed E-state index contributed by atoms with van der Waals surface area (Å²) in [5.41, 5.74) is 8.11. The van der Waals surface area contributed by atoms with Crippen molar-refractivity contribution in [2.75, 3.05) is 6.54 Å². The molecule has 0 amide bonds. The van der Waals surface area contributed by atoms with Crippen molar-refractivity contribution in [3.05, 3.63) is 35.7 Å². The first-order valence-corrected chi connectivity index (χ1v) is 8.48. The fourth-order valence-corrected chi connectivity index (χ4v) is 2.97. The standard InChI is InChI=1S/C18H26N4O.ClH/c1-4-22(13(2)3)12-14-6-8-15(9-7-14)16-20-17(21-23-16)18(19)10-5-11-18;/h6-9,13H,4-5,10-12,19H2,1-3H3;1H. The van der Waals surface area contributed by atoms with Crippen LogP contribution in [0.5, 0.6) is 0 Å². The Morgan fingerprint density at radius 2 is 1.92 bits per heavy atom. The lowest BCUT2D eigenvalue weighted by Crippen LogP contribution is -2.44. The van der Waals surface area contributed by atoms with Gasteiger partial charge >= 0.3 is 0 Å². The SMILES string of the molecule is CCN(Cc1ccc(-c2nc(C3(N)CCC3)no2)cc1)C(C)C.Cl. The van der Waals surface area contributed by atoms with E-state index in [9.17, 15) is 0 Å². The minimum absolute atomic E-state index is 0. The maximum atomic E-state index is 6.25. The average molecular weight is 351 g/mol. The zero-order chi connectivity index (χ0) is 16.4. The fraction of sp³-hybridized carbons (Fsp3) is 0.556. The van der Waals surface area contributed by atoms with E-state index < -0.39 is 0 Å². The minimum Gasteiger partial charge on any atom is -0.334 e. The first-order chi connectivity index (χ1) is 11.0. The van der Waals surface area contributed by atoms with Gasteiger partial charge in [-0.1, -0.05) is 24.2 Å². The van der Waals surface area contributed by atoms with E-state index in [2.05, 4.69) is 47.9 Å². The molecule has 1 fully saturated rings. The summed E-state index contributed by atoms with van der Waals surface area (Å²) in [6, 6.07) is 8.90. The Bertz CT molecular complexity index is 649. The van der Waals surface area contributed by atoms with Crippen molar-refractivity contribution in [1.82, 2.24) is 15.0 Å². The van der Waals surface area contributed by atoms with Gasteiger partial charge in [0, 0.05) is 18.2 Å². The van der Waals surface area contributed by atoms with Crippen LogP contribution in [-0.2, 0) is 12.1 Å². The highest BCUT2D eigenvalue weighted by Crippen LogP contribution is 2.37. The highest BCUT2D eigenvalue weighted by atomic mass is 35.5. The fourth-order valence-electron chi connectivity index (χ4n) is 2.97. The second-order valence-electron chi connectivity index (χ2n) is 6.79. The van der Waals surface area contributed by atoms with Crippen LogP contribution in [0.4, 0.5) is 0 Å². The molecular formula is C18H27ClN4O. The summed E-state index contributed by atoms with van der Waals surface area (Å²) in [5.74, 6) is 1.19. The third-order valence-corrected chi connectivity index (χ3v) is 4.84. The number of hydrogen-bond donors (Lipinski definition) is 1. The summed E-state index contributed by atoms with van der Waals surface area (Å²) < 4.78 is 5.40. The van der Waals surface area contributed by atoms with Gasteiger partial charge in [-0.05, 0) is 57.4 Å². The van der Waals surface area contributed by atoms with Crippen LogP contribution in [0.2, 0.25) is 0 Å². The van der Waals surface area contributed by atoms with Gasteiger partial charge in [-0.15, -0.1) is 12.4 Å². The Kier molecular flexibility index (Phi) is 6.01. The lowest BCUT2D eigenvalue weighted by molar-refractivity contribution is 0.225. The molecule has 1 aromatic heterocycles. The molecular weight excluding hydrogens is 324 g/mol. The van der Waals surface area contributed by atoms with E-state index in [4.69, 9.17) is 10.3 Å². The lowest BCUT2D eigenvalue weighted by Gasteiger charge is -2.34. The maximum Gasteiger partial charge on any atom is 0.257 e. The Hall–Kier alpha value is -1.43. The van der Waals surface area contributed by atoms with E-state index in [1.807, 2.05) is 12.1 Å². The van der Waals surface area contributed by atoms with Crippen molar-refractivity contribution in [2.24, 2.45) is 5.73 Å². The molecule has 1 aliphatic carbocycles. The largest absolute Gasteiger partial charge is 0.334 e. The molecule has 0 bridgehead atoms. The number of rotatable bonds is 6. The normalized spacial score (nSPS) is 16.1. The summed E-state index contributed by atoms with van der Waals surface area (Å²) in [6.07, 6.45) is 3.01. The molecule has 3 rings (SSSR count). The second-order valence-corrected chi connectivity index (χ2v) is 6.79. The van der Waals surface area contributed by atoms with Crippen LogP contribution in [0.15, 0.2) is 28.8 Å². The molecule has 0 saturated heterocycles. The van der Waals surface area contributed by atoms with Gasteiger partial charge in [-0.2, -0.15) is 4.98 Å². The van der Waals surface area contributed by atoms with Gasteiger partial charge in [-0.3, -0.25) is 4.90 Å². The molecule has 1 aliphatic rings. The molecule has 1 aromatic carbocycles. The molecule has 0 atom stereocenters. The predicted octanol–water partition coefficient (Wildman–Crippen LogP) is 3.73. The second kappa shape index (κ2) is 7.64. The van der Waals surface area contributed by atoms with E-state index in [1.54, 1.807) is 0 Å². The zero-order valence-electron chi connectivity index (χ0n) is 14.7. The van der Waals surface area contributed by atoms with Crippen molar-refractivity contribution in [3.63, 3.8) is 0 Å². The number of benzene rings is 1.